The summed E-state index contributed by atoms with van der Waals surface area (Å²) in [6.07, 6.45) is 2.55. The van der Waals surface area contributed by atoms with Crippen molar-refractivity contribution in [2.24, 2.45) is 0 Å². The highest BCUT2D eigenvalue weighted by Crippen LogP contribution is 2.24. The highest BCUT2D eigenvalue weighted by Gasteiger charge is 2.24. The van der Waals surface area contributed by atoms with Gasteiger partial charge in [-0.3, -0.25) is 9.44 Å². The number of benzene rings is 6. The van der Waals surface area contributed by atoms with Crippen molar-refractivity contribution in [2.75, 3.05) is 9.44 Å². The summed E-state index contributed by atoms with van der Waals surface area (Å²) in [5.41, 5.74) is 5.13. The van der Waals surface area contributed by atoms with Gasteiger partial charge in [0.25, 0.3) is 20.0 Å². The molecule has 0 aliphatic rings. The van der Waals surface area contributed by atoms with Crippen LogP contribution in [0.4, 0.5) is 24.5 Å². The Labute approximate surface area is 333 Å². The Morgan fingerprint density at radius 3 is 1.38 bits per heavy atom. The highest BCUT2D eigenvalue weighted by molar-refractivity contribution is 7.93. The van der Waals surface area contributed by atoms with Gasteiger partial charge in [0.15, 0.2) is 4.90 Å². The molecule has 0 saturated heterocycles. The van der Waals surface area contributed by atoms with E-state index in [0.717, 1.165) is 46.5 Å². The summed E-state index contributed by atoms with van der Waals surface area (Å²) in [5, 5.41) is 18.1. The van der Waals surface area contributed by atoms with Crippen molar-refractivity contribution >= 4 is 43.4 Å². The number of hydrogen-bond acceptors (Lipinski definition) is 6. The predicted molar refractivity (Wildman–Crippen MR) is 214 cm³/mol. The van der Waals surface area contributed by atoms with Gasteiger partial charge in [0.05, 0.1) is 16.0 Å². The molecule has 0 unspecified atom stereocenters. The summed E-state index contributed by atoms with van der Waals surface area (Å²) < 4.78 is 95.2. The monoisotopic (exact) mass is 830 g/mol. The molecule has 300 valence electrons. The van der Waals surface area contributed by atoms with Crippen LogP contribution in [0.15, 0.2) is 143 Å². The van der Waals surface area contributed by atoms with E-state index in [1.165, 1.54) is 30.3 Å². The quantitative estimate of drug-likeness (QED) is 0.0847. The molecule has 0 radical (unpaired) electrons. The third-order valence-electron chi connectivity index (χ3n) is 8.79. The smallest absolute Gasteiger partial charge is 0.335 e. The van der Waals surface area contributed by atoms with Gasteiger partial charge in [-0.1, -0.05) is 60.7 Å². The average Bonchev–Trinajstić information content (AvgIpc) is 3.18. The summed E-state index contributed by atoms with van der Waals surface area (Å²) in [6, 6.07) is 33.2. The first-order chi connectivity index (χ1) is 27.5. The van der Waals surface area contributed by atoms with Crippen LogP contribution in [0.25, 0.3) is 0 Å². The number of aryl methyl sites for hydroxylation is 5. The van der Waals surface area contributed by atoms with E-state index in [1.54, 1.807) is 73.7 Å². The number of aromatic carboxylic acids is 2. The van der Waals surface area contributed by atoms with Crippen LogP contribution in [0, 0.1) is 24.4 Å². The summed E-state index contributed by atoms with van der Waals surface area (Å²) >= 11 is 0. The van der Waals surface area contributed by atoms with Crippen LogP contribution in [-0.2, 0) is 45.7 Å². The van der Waals surface area contributed by atoms with E-state index in [4.69, 9.17) is 10.2 Å². The van der Waals surface area contributed by atoms with Crippen molar-refractivity contribution in [1.82, 2.24) is 0 Å². The van der Waals surface area contributed by atoms with Crippen molar-refractivity contribution in [3.63, 3.8) is 0 Å². The van der Waals surface area contributed by atoms with E-state index >= 15 is 0 Å². The molecule has 10 nitrogen and oxygen atoms in total. The summed E-state index contributed by atoms with van der Waals surface area (Å²) in [5.74, 6) is -4.90. The number of carbonyl (C=O) groups is 2. The summed E-state index contributed by atoms with van der Waals surface area (Å²) in [4.78, 5) is 20.9. The zero-order valence-corrected chi connectivity index (χ0v) is 32.5. The Morgan fingerprint density at radius 2 is 0.931 bits per heavy atom. The molecular weight excluding hydrogens is 794 g/mol. The molecule has 0 aromatic heterocycles. The molecule has 58 heavy (non-hydrogen) atoms. The van der Waals surface area contributed by atoms with Gasteiger partial charge in [-0.25, -0.2) is 39.6 Å². The number of halogens is 3. The summed E-state index contributed by atoms with van der Waals surface area (Å²) in [6.45, 7) is 1.61. The minimum Gasteiger partial charge on any atom is -0.478 e. The SMILES string of the molecule is Cc1ccc(F)cc1S(=O)(=O)Nc1ccc(CCc2cccc(C(=O)O)c2)cc1.O=C(O)c1cccc(CCc2ccc(NS(=O)(=O)c3c(F)cccc3F)cc2)c1. The molecule has 0 aliphatic carbocycles. The van der Waals surface area contributed by atoms with Crippen LogP contribution in [0.1, 0.15) is 48.5 Å². The third kappa shape index (κ3) is 11.6. The molecular formula is C43H37F3N2O8S2. The number of anilines is 2. The molecule has 0 heterocycles. The minimum absolute atomic E-state index is 0.0973. The molecule has 0 amide bonds. The highest BCUT2D eigenvalue weighted by atomic mass is 32.2. The van der Waals surface area contributed by atoms with Gasteiger partial charge >= 0.3 is 11.9 Å². The Hall–Kier alpha value is -6.45. The lowest BCUT2D eigenvalue weighted by Crippen LogP contribution is -2.16. The van der Waals surface area contributed by atoms with Crippen LogP contribution in [0.3, 0.4) is 0 Å². The standard InChI is InChI=1S/C22H20FNO4S.C21H17F2NO4S/c1-15-5-10-19(23)14-21(15)29(27,28)24-20-11-8-16(9-12-20)6-7-17-3-2-4-18(13-17)22(25)26;22-18-5-2-6-19(23)20(18)29(27,28)24-17-11-9-14(10-12-17)7-8-15-3-1-4-16(13-15)21(25)26/h2-5,8-14,24H,6-7H2,1H3,(H,25,26);1-6,9-13,24H,7-8H2,(H,25,26). The normalized spacial score (nSPS) is 11.2. The first-order valence-electron chi connectivity index (χ1n) is 17.6. The van der Waals surface area contributed by atoms with Gasteiger partial charge in [-0.2, -0.15) is 0 Å². The molecule has 0 atom stereocenters. The van der Waals surface area contributed by atoms with E-state index < -0.39 is 54.3 Å². The van der Waals surface area contributed by atoms with Crippen molar-refractivity contribution < 1.29 is 49.8 Å². The van der Waals surface area contributed by atoms with E-state index in [2.05, 4.69) is 9.44 Å². The fourth-order valence-electron chi connectivity index (χ4n) is 5.79. The number of hydrogen-bond donors (Lipinski definition) is 4. The molecule has 0 bridgehead atoms. The van der Waals surface area contributed by atoms with Gasteiger partial charge in [0.1, 0.15) is 17.5 Å². The van der Waals surface area contributed by atoms with Crippen molar-refractivity contribution in [3.05, 3.63) is 190 Å². The number of carboxylic acids is 2. The van der Waals surface area contributed by atoms with Crippen LogP contribution >= 0.6 is 0 Å². The number of sulfonamides is 2. The lowest BCUT2D eigenvalue weighted by Gasteiger charge is -2.11. The van der Waals surface area contributed by atoms with E-state index in [0.29, 0.717) is 36.9 Å². The molecule has 6 aromatic carbocycles. The molecule has 6 rings (SSSR count). The molecule has 15 heteroatoms. The summed E-state index contributed by atoms with van der Waals surface area (Å²) in [7, 11) is -8.30. The number of carboxylic acid groups (broad SMARTS) is 2. The molecule has 4 N–H and O–H groups in total. The molecule has 0 fully saturated rings. The maximum Gasteiger partial charge on any atom is 0.335 e. The van der Waals surface area contributed by atoms with Crippen molar-refractivity contribution in [2.45, 2.75) is 42.4 Å². The van der Waals surface area contributed by atoms with Crippen LogP contribution in [0.2, 0.25) is 0 Å². The number of rotatable bonds is 14. The third-order valence-corrected chi connectivity index (χ3v) is 11.7. The van der Waals surface area contributed by atoms with E-state index in [1.807, 2.05) is 12.1 Å². The Morgan fingerprint density at radius 1 is 0.517 bits per heavy atom. The average molecular weight is 831 g/mol. The lowest BCUT2D eigenvalue weighted by molar-refractivity contribution is 0.0686. The molecule has 0 spiro atoms. The van der Waals surface area contributed by atoms with E-state index in [9.17, 15) is 39.6 Å². The van der Waals surface area contributed by atoms with Gasteiger partial charge in [-0.05, 0) is 133 Å². The molecule has 0 saturated carbocycles. The Balaban J connectivity index is 0.000000221. The van der Waals surface area contributed by atoms with Crippen LogP contribution in [0.5, 0.6) is 0 Å². The zero-order valence-electron chi connectivity index (χ0n) is 30.8. The largest absolute Gasteiger partial charge is 0.478 e. The number of nitrogens with one attached hydrogen (secondary N) is 2. The second kappa shape index (κ2) is 18.7. The van der Waals surface area contributed by atoms with Crippen LogP contribution < -0.4 is 9.44 Å². The molecule has 6 aromatic rings. The topological polar surface area (TPSA) is 167 Å². The van der Waals surface area contributed by atoms with E-state index in [-0.39, 0.29) is 21.7 Å². The zero-order chi connectivity index (χ0) is 42.0. The van der Waals surface area contributed by atoms with Crippen molar-refractivity contribution in [1.29, 1.82) is 0 Å². The van der Waals surface area contributed by atoms with Gasteiger partial charge in [0.2, 0.25) is 0 Å². The molecule has 0 aliphatic heterocycles. The first-order valence-corrected chi connectivity index (χ1v) is 20.6. The second-order valence-electron chi connectivity index (χ2n) is 13.1. The maximum atomic E-state index is 13.8. The minimum atomic E-state index is -4.41. The van der Waals surface area contributed by atoms with Crippen LogP contribution in [-0.4, -0.2) is 39.0 Å². The fraction of sp³-hybridized carbons (Fsp3) is 0.116. The fourth-order valence-corrected chi connectivity index (χ4v) is 8.31. The lowest BCUT2D eigenvalue weighted by atomic mass is 10.0. The predicted octanol–water partition coefficient (Wildman–Crippen LogP) is 8.67. The Kier molecular flexibility index (Phi) is 13.7. The van der Waals surface area contributed by atoms with Gasteiger partial charge < -0.3 is 10.2 Å². The first kappa shape index (κ1) is 42.7. The van der Waals surface area contributed by atoms with Gasteiger partial charge in [0, 0.05) is 11.4 Å². The Bertz CT molecular complexity index is 2640. The van der Waals surface area contributed by atoms with Gasteiger partial charge in [-0.15, -0.1) is 0 Å². The maximum absolute atomic E-state index is 13.8. The second-order valence-corrected chi connectivity index (χ2v) is 16.3. The van der Waals surface area contributed by atoms with Crippen molar-refractivity contribution in [3.8, 4) is 0 Å².